The fourth-order valence-corrected chi connectivity index (χ4v) is 1.58. The predicted octanol–water partition coefficient (Wildman–Crippen LogP) is 2.95. The molecular weight excluding hydrogens is 315 g/mol. The highest BCUT2D eigenvalue weighted by atomic mass is 19.4. The van der Waals surface area contributed by atoms with E-state index in [-0.39, 0.29) is 17.0 Å². The zero-order valence-electron chi connectivity index (χ0n) is 11.6. The van der Waals surface area contributed by atoms with Crippen molar-refractivity contribution >= 4 is 5.97 Å². The van der Waals surface area contributed by atoms with Crippen molar-refractivity contribution in [2.24, 2.45) is 0 Å². The van der Waals surface area contributed by atoms with Gasteiger partial charge < -0.3 is 9.47 Å². The van der Waals surface area contributed by atoms with Crippen LogP contribution in [0.4, 0.5) is 13.2 Å². The Labute approximate surface area is 128 Å². The van der Waals surface area contributed by atoms with Crippen molar-refractivity contribution in [3.8, 4) is 17.7 Å². The summed E-state index contributed by atoms with van der Waals surface area (Å²) < 4.78 is 47.9. The number of carbonyl (C=O) groups is 1. The Morgan fingerprint density at radius 3 is 2.65 bits per heavy atom. The van der Waals surface area contributed by atoms with Gasteiger partial charge in [-0.3, -0.25) is 0 Å². The van der Waals surface area contributed by atoms with E-state index in [0.29, 0.717) is 6.07 Å². The highest BCUT2D eigenvalue weighted by molar-refractivity contribution is 5.87. The van der Waals surface area contributed by atoms with Crippen LogP contribution < -0.4 is 4.74 Å². The summed E-state index contributed by atoms with van der Waals surface area (Å²) in [5.74, 6) is -1.14. The van der Waals surface area contributed by atoms with Gasteiger partial charge in [-0.25, -0.2) is 14.8 Å². The Balaban J connectivity index is 2.37. The molecule has 118 valence electrons. The smallest absolute Gasteiger partial charge is 0.433 e. The lowest BCUT2D eigenvalue weighted by atomic mass is 10.2. The fourth-order valence-electron chi connectivity index (χ4n) is 1.58. The molecule has 0 atom stereocenters. The van der Waals surface area contributed by atoms with E-state index in [1.165, 1.54) is 18.3 Å². The molecule has 23 heavy (non-hydrogen) atoms. The van der Waals surface area contributed by atoms with Crippen molar-refractivity contribution in [2.75, 3.05) is 7.11 Å². The lowest BCUT2D eigenvalue weighted by Crippen LogP contribution is -2.09. The minimum Gasteiger partial charge on any atom is -0.464 e. The molecule has 0 aliphatic carbocycles. The molecule has 0 N–H and O–H groups in total. The van der Waals surface area contributed by atoms with Crippen molar-refractivity contribution in [3.05, 3.63) is 47.4 Å². The van der Waals surface area contributed by atoms with Gasteiger partial charge in [0.25, 0.3) is 0 Å². The summed E-state index contributed by atoms with van der Waals surface area (Å²) >= 11 is 0. The van der Waals surface area contributed by atoms with Crippen LogP contribution in [0.1, 0.15) is 21.7 Å². The number of carbonyl (C=O) groups excluding carboxylic acids is 1. The van der Waals surface area contributed by atoms with E-state index < -0.39 is 23.7 Å². The Morgan fingerprint density at radius 1 is 1.30 bits per heavy atom. The normalized spacial score (nSPS) is 10.7. The van der Waals surface area contributed by atoms with E-state index in [1.807, 2.05) is 0 Å². The number of halogens is 3. The third-order valence-corrected chi connectivity index (χ3v) is 2.57. The molecule has 0 amide bonds. The van der Waals surface area contributed by atoms with Crippen molar-refractivity contribution in [1.82, 2.24) is 9.97 Å². The first-order chi connectivity index (χ1) is 10.8. The number of hydrogen-bond acceptors (Lipinski definition) is 6. The number of methoxy groups -OCH3 is 1. The highest BCUT2D eigenvalue weighted by Crippen LogP contribution is 2.31. The van der Waals surface area contributed by atoms with Gasteiger partial charge in [0.1, 0.15) is 11.4 Å². The maximum atomic E-state index is 12.7. The van der Waals surface area contributed by atoms with Gasteiger partial charge in [-0.05, 0) is 12.1 Å². The summed E-state index contributed by atoms with van der Waals surface area (Å²) in [6.45, 7) is 0. The molecule has 0 bridgehead atoms. The van der Waals surface area contributed by atoms with Crippen LogP contribution in [0.15, 0.2) is 30.5 Å². The van der Waals surface area contributed by atoms with Crippen LogP contribution in [0, 0.1) is 11.3 Å². The highest BCUT2D eigenvalue weighted by Gasteiger charge is 2.33. The number of esters is 1. The van der Waals surface area contributed by atoms with Crippen LogP contribution in [0.3, 0.4) is 0 Å². The molecule has 0 saturated heterocycles. The van der Waals surface area contributed by atoms with Crippen LogP contribution in [-0.2, 0) is 10.9 Å². The first kappa shape index (κ1) is 16.2. The second-order valence-corrected chi connectivity index (χ2v) is 4.16. The van der Waals surface area contributed by atoms with Gasteiger partial charge in [0, 0.05) is 18.3 Å². The zero-order chi connectivity index (χ0) is 17.0. The zero-order valence-corrected chi connectivity index (χ0v) is 11.6. The molecule has 0 radical (unpaired) electrons. The number of ether oxygens (including phenoxy) is 2. The van der Waals surface area contributed by atoms with E-state index in [0.717, 1.165) is 13.2 Å². The van der Waals surface area contributed by atoms with Crippen LogP contribution in [0.5, 0.6) is 11.6 Å². The molecular formula is C14H8F3N3O3. The molecule has 0 aliphatic heterocycles. The van der Waals surface area contributed by atoms with Crippen LogP contribution >= 0.6 is 0 Å². The second kappa shape index (κ2) is 6.31. The maximum Gasteiger partial charge on any atom is 0.433 e. The molecule has 2 aromatic rings. The third-order valence-electron chi connectivity index (χ3n) is 2.57. The van der Waals surface area contributed by atoms with E-state index in [2.05, 4.69) is 14.7 Å². The van der Waals surface area contributed by atoms with Crippen molar-refractivity contribution < 1.29 is 27.4 Å². The summed E-state index contributed by atoms with van der Waals surface area (Å²) in [7, 11) is 1.16. The second-order valence-electron chi connectivity index (χ2n) is 4.16. The Kier molecular flexibility index (Phi) is 4.45. The molecule has 0 unspecified atom stereocenters. The number of pyridine rings is 2. The molecule has 6 nitrogen and oxygen atoms in total. The molecule has 2 aromatic heterocycles. The molecule has 0 aliphatic rings. The molecule has 0 saturated carbocycles. The van der Waals surface area contributed by atoms with Gasteiger partial charge in [0.05, 0.1) is 18.7 Å². The maximum absolute atomic E-state index is 12.7. The van der Waals surface area contributed by atoms with Crippen LogP contribution in [-0.4, -0.2) is 23.0 Å². The van der Waals surface area contributed by atoms with E-state index in [4.69, 9.17) is 10.00 Å². The first-order valence-corrected chi connectivity index (χ1v) is 6.05. The van der Waals surface area contributed by atoms with Gasteiger partial charge >= 0.3 is 12.1 Å². The molecule has 2 rings (SSSR count). The number of hydrogen-bond donors (Lipinski definition) is 0. The Morgan fingerprint density at radius 2 is 2.04 bits per heavy atom. The summed E-state index contributed by atoms with van der Waals surface area (Å²) in [5, 5.41) is 8.80. The summed E-state index contributed by atoms with van der Waals surface area (Å²) in [5.41, 5.74) is -1.60. The fraction of sp³-hybridized carbons (Fsp3) is 0.143. The monoisotopic (exact) mass is 323 g/mol. The summed E-state index contributed by atoms with van der Waals surface area (Å²) in [6.07, 6.45) is -3.50. The first-order valence-electron chi connectivity index (χ1n) is 6.05. The van der Waals surface area contributed by atoms with E-state index >= 15 is 0 Å². The van der Waals surface area contributed by atoms with Gasteiger partial charge in [0.2, 0.25) is 5.88 Å². The van der Waals surface area contributed by atoms with Gasteiger partial charge in [0.15, 0.2) is 5.69 Å². The molecule has 2 heterocycles. The van der Waals surface area contributed by atoms with Crippen LogP contribution in [0.25, 0.3) is 0 Å². The number of rotatable bonds is 3. The van der Waals surface area contributed by atoms with Gasteiger partial charge in [-0.15, -0.1) is 0 Å². The number of nitrogens with zero attached hydrogens (tertiary/aromatic N) is 3. The lowest BCUT2D eigenvalue weighted by Gasteiger charge is -2.10. The third kappa shape index (κ3) is 3.94. The topological polar surface area (TPSA) is 85.1 Å². The molecule has 9 heteroatoms. The summed E-state index contributed by atoms with van der Waals surface area (Å²) in [6, 6.07) is 5.76. The molecule has 0 spiro atoms. The Hall–Kier alpha value is -3.15. The molecule has 0 fully saturated rings. The van der Waals surface area contributed by atoms with Crippen LogP contribution in [0.2, 0.25) is 0 Å². The van der Waals surface area contributed by atoms with Crippen molar-refractivity contribution in [3.63, 3.8) is 0 Å². The minimum absolute atomic E-state index is 0.0242. The minimum atomic E-state index is -4.72. The van der Waals surface area contributed by atoms with Crippen molar-refractivity contribution in [1.29, 1.82) is 5.26 Å². The van der Waals surface area contributed by atoms with E-state index in [1.54, 1.807) is 6.07 Å². The lowest BCUT2D eigenvalue weighted by molar-refractivity contribution is -0.141. The van der Waals surface area contributed by atoms with Gasteiger partial charge in [-0.1, -0.05) is 0 Å². The average molecular weight is 323 g/mol. The predicted molar refractivity (Wildman–Crippen MR) is 69.6 cm³/mol. The van der Waals surface area contributed by atoms with Gasteiger partial charge in [-0.2, -0.15) is 18.4 Å². The number of aromatic nitrogens is 2. The largest absolute Gasteiger partial charge is 0.464 e. The SMILES string of the molecule is COC(=O)c1cc(Oc2cc(C#N)cc(C(F)(F)F)n2)ccn1. The molecule has 0 aromatic carbocycles. The number of nitriles is 1. The van der Waals surface area contributed by atoms with E-state index in [9.17, 15) is 18.0 Å². The van der Waals surface area contributed by atoms with Crippen molar-refractivity contribution in [2.45, 2.75) is 6.18 Å². The summed E-state index contributed by atoms with van der Waals surface area (Å²) in [4.78, 5) is 18.4. The Bertz CT molecular complexity index is 785. The standard InChI is InChI=1S/C14H8F3N3O3/c1-22-13(21)10-6-9(2-3-19-10)23-12-5-8(7-18)4-11(20-12)14(15,16)17/h2-6H,1H3. The average Bonchev–Trinajstić information content (AvgIpc) is 2.53. The number of alkyl halides is 3. The quantitative estimate of drug-likeness (QED) is 0.807.